The fourth-order valence-electron chi connectivity index (χ4n) is 1.01. The SMILES string of the molecule is NCCc1ccc(CC[NH3+])o1. The van der Waals surface area contributed by atoms with Gasteiger partial charge in [-0.3, -0.25) is 0 Å². The molecule has 0 aliphatic rings. The predicted molar refractivity (Wildman–Crippen MR) is 42.9 cm³/mol. The topological polar surface area (TPSA) is 66.8 Å². The zero-order valence-corrected chi connectivity index (χ0v) is 6.68. The van der Waals surface area contributed by atoms with E-state index in [0.29, 0.717) is 6.54 Å². The Balaban J connectivity index is 2.51. The first-order valence-corrected chi connectivity index (χ1v) is 3.93. The molecule has 0 radical (unpaired) electrons. The maximum Gasteiger partial charge on any atom is 0.109 e. The molecule has 0 bridgehead atoms. The van der Waals surface area contributed by atoms with Gasteiger partial charge in [-0.25, -0.2) is 0 Å². The van der Waals surface area contributed by atoms with Crippen molar-refractivity contribution in [3.05, 3.63) is 23.7 Å². The zero-order valence-electron chi connectivity index (χ0n) is 6.68. The Hall–Kier alpha value is -0.800. The maximum absolute atomic E-state index is 5.44. The van der Waals surface area contributed by atoms with Crippen LogP contribution in [0.1, 0.15) is 11.5 Å². The predicted octanol–water partition coefficient (Wildman–Crippen LogP) is -0.435. The van der Waals surface area contributed by atoms with E-state index in [0.717, 1.165) is 30.9 Å². The highest BCUT2D eigenvalue weighted by molar-refractivity contribution is 5.07. The Kier molecular flexibility index (Phi) is 3.14. The van der Waals surface area contributed by atoms with Crippen LogP contribution in [0.5, 0.6) is 0 Å². The summed E-state index contributed by atoms with van der Waals surface area (Å²) in [6.45, 7) is 1.53. The molecule has 3 heteroatoms. The van der Waals surface area contributed by atoms with E-state index in [4.69, 9.17) is 10.2 Å². The van der Waals surface area contributed by atoms with Crippen LogP contribution >= 0.6 is 0 Å². The van der Waals surface area contributed by atoms with Crippen molar-refractivity contribution >= 4 is 0 Å². The molecule has 0 atom stereocenters. The number of furan rings is 1. The molecule has 5 N–H and O–H groups in total. The molecule has 0 aliphatic heterocycles. The van der Waals surface area contributed by atoms with Crippen molar-refractivity contribution in [1.29, 1.82) is 0 Å². The molecule has 0 fully saturated rings. The number of hydrogen-bond donors (Lipinski definition) is 2. The average Bonchev–Trinajstić information content (AvgIpc) is 2.38. The molecule has 0 saturated carbocycles. The molecule has 1 aromatic rings. The van der Waals surface area contributed by atoms with Crippen LogP contribution in [0.15, 0.2) is 16.5 Å². The van der Waals surface area contributed by atoms with Crippen molar-refractivity contribution in [3.63, 3.8) is 0 Å². The van der Waals surface area contributed by atoms with Gasteiger partial charge in [-0.05, 0) is 18.7 Å². The van der Waals surface area contributed by atoms with E-state index in [2.05, 4.69) is 5.73 Å². The highest BCUT2D eigenvalue weighted by Crippen LogP contribution is 2.07. The minimum Gasteiger partial charge on any atom is -0.466 e. The summed E-state index contributed by atoms with van der Waals surface area (Å²) in [6, 6.07) is 3.98. The summed E-state index contributed by atoms with van der Waals surface area (Å²) < 4.78 is 5.44. The molecule has 0 aliphatic carbocycles. The molecule has 0 aromatic carbocycles. The van der Waals surface area contributed by atoms with E-state index < -0.39 is 0 Å². The van der Waals surface area contributed by atoms with E-state index in [1.165, 1.54) is 0 Å². The van der Waals surface area contributed by atoms with Crippen LogP contribution in [0.4, 0.5) is 0 Å². The molecule has 3 nitrogen and oxygen atoms in total. The normalized spacial score (nSPS) is 10.4. The van der Waals surface area contributed by atoms with Gasteiger partial charge in [-0.15, -0.1) is 0 Å². The lowest BCUT2D eigenvalue weighted by Gasteiger charge is -1.91. The number of nitrogens with two attached hydrogens (primary N) is 1. The highest BCUT2D eigenvalue weighted by Gasteiger charge is 1.99. The van der Waals surface area contributed by atoms with Crippen molar-refractivity contribution in [2.75, 3.05) is 13.1 Å². The highest BCUT2D eigenvalue weighted by atomic mass is 16.3. The smallest absolute Gasteiger partial charge is 0.109 e. The first kappa shape index (κ1) is 8.30. The fraction of sp³-hybridized carbons (Fsp3) is 0.500. The van der Waals surface area contributed by atoms with Crippen LogP contribution in [-0.2, 0) is 12.8 Å². The average molecular weight is 155 g/mol. The van der Waals surface area contributed by atoms with Crippen LogP contribution in [0.2, 0.25) is 0 Å². The molecule has 0 spiro atoms. The Labute approximate surface area is 66.4 Å². The summed E-state index contributed by atoms with van der Waals surface area (Å²) in [5, 5.41) is 0. The number of hydrogen-bond acceptors (Lipinski definition) is 2. The third-order valence-corrected chi connectivity index (χ3v) is 1.53. The summed E-state index contributed by atoms with van der Waals surface area (Å²) >= 11 is 0. The van der Waals surface area contributed by atoms with E-state index in [-0.39, 0.29) is 0 Å². The van der Waals surface area contributed by atoms with Gasteiger partial charge in [0, 0.05) is 6.42 Å². The summed E-state index contributed by atoms with van der Waals surface area (Å²) in [4.78, 5) is 0. The van der Waals surface area contributed by atoms with Gasteiger partial charge in [-0.1, -0.05) is 0 Å². The standard InChI is InChI=1S/C8H14N2O/c9-5-3-7-1-2-8(11-7)4-6-10/h1-2H,3-6,9-10H2/p+1. The number of quaternary nitrogens is 1. The van der Waals surface area contributed by atoms with Gasteiger partial charge in [0.15, 0.2) is 0 Å². The Morgan fingerprint density at radius 2 is 1.91 bits per heavy atom. The molecule has 1 aromatic heterocycles. The van der Waals surface area contributed by atoms with Crippen LogP contribution in [-0.4, -0.2) is 13.1 Å². The van der Waals surface area contributed by atoms with Crippen molar-refractivity contribution in [2.45, 2.75) is 12.8 Å². The van der Waals surface area contributed by atoms with Crippen LogP contribution in [0, 0.1) is 0 Å². The maximum atomic E-state index is 5.44. The Morgan fingerprint density at radius 3 is 2.45 bits per heavy atom. The molecular weight excluding hydrogens is 140 g/mol. The monoisotopic (exact) mass is 155 g/mol. The first-order chi connectivity index (χ1) is 5.36. The molecule has 0 amide bonds. The van der Waals surface area contributed by atoms with Crippen molar-refractivity contribution in [1.82, 2.24) is 0 Å². The third kappa shape index (κ3) is 2.37. The van der Waals surface area contributed by atoms with Crippen LogP contribution < -0.4 is 11.5 Å². The minimum atomic E-state index is 0.650. The van der Waals surface area contributed by atoms with Crippen LogP contribution in [0.25, 0.3) is 0 Å². The molecule has 62 valence electrons. The second-order valence-corrected chi connectivity index (χ2v) is 2.51. The van der Waals surface area contributed by atoms with Gasteiger partial charge < -0.3 is 15.9 Å². The van der Waals surface area contributed by atoms with Crippen molar-refractivity contribution in [2.24, 2.45) is 5.73 Å². The Bertz CT molecular complexity index is 187. The van der Waals surface area contributed by atoms with Crippen LogP contribution in [0.3, 0.4) is 0 Å². The van der Waals surface area contributed by atoms with Gasteiger partial charge in [0.25, 0.3) is 0 Å². The largest absolute Gasteiger partial charge is 0.466 e. The molecule has 0 saturated heterocycles. The zero-order chi connectivity index (χ0) is 8.10. The second-order valence-electron chi connectivity index (χ2n) is 2.51. The summed E-state index contributed by atoms with van der Waals surface area (Å²) in [5.41, 5.74) is 9.12. The van der Waals surface area contributed by atoms with E-state index >= 15 is 0 Å². The Morgan fingerprint density at radius 1 is 1.27 bits per heavy atom. The molecule has 1 heterocycles. The molecule has 0 unspecified atom stereocenters. The van der Waals surface area contributed by atoms with Gasteiger partial charge in [-0.2, -0.15) is 0 Å². The van der Waals surface area contributed by atoms with Gasteiger partial charge in [0.05, 0.1) is 13.0 Å². The lowest BCUT2D eigenvalue weighted by molar-refractivity contribution is -0.367. The van der Waals surface area contributed by atoms with Crippen molar-refractivity contribution < 1.29 is 10.2 Å². The molecule has 1 rings (SSSR count). The quantitative estimate of drug-likeness (QED) is 0.619. The summed E-state index contributed by atoms with van der Waals surface area (Å²) in [6.07, 6.45) is 1.75. The van der Waals surface area contributed by atoms with Gasteiger partial charge in [0.2, 0.25) is 0 Å². The van der Waals surface area contributed by atoms with E-state index in [1.807, 2.05) is 12.1 Å². The molecule has 11 heavy (non-hydrogen) atoms. The third-order valence-electron chi connectivity index (χ3n) is 1.53. The molecular formula is C8H15N2O+. The fourth-order valence-corrected chi connectivity index (χ4v) is 1.01. The van der Waals surface area contributed by atoms with Crippen molar-refractivity contribution in [3.8, 4) is 0 Å². The summed E-state index contributed by atoms with van der Waals surface area (Å²) in [7, 11) is 0. The van der Waals surface area contributed by atoms with Gasteiger partial charge >= 0.3 is 0 Å². The second kappa shape index (κ2) is 4.16. The lowest BCUT2D eigenvalue weighted by atomic mass is 10.3. The lowest BCUT2D eigenvalue weighted by Crippen LogP contribution is -2.51. The number of rotatable bonds is 4. The first-order valence-electron chi connectivity index (χ1n) is 3.93. The minimum absolute atomic E-state index is 0.650. The van der Waals surface area contributed by atoms with Gasteiger partial charge in [0.1, 0.15) is 11.5 Å². The van der Waals surface area contributed by atoms with E-state index in [9.17, 15) is 0 Å². The van der Waals surface area contributed by atoms with E-state index in [1.54, 1.807) is 0 Å². The summed E-state index contributed by atoms with van der Waals surface area (Å²) in [5.74, 6) is 2.00.